The molecule has 1 heterocycles. The fourth-order valence-corrected chi connectivity index (χ4v) is 2.76. The number of aryl methyl sites for hydroxylation is 1. The van der Waals surface area contributed by atoms with Crippen molar-refractivity contribution in [2.75, 3.05) is 5.32 Å². The summed E-state index contributed by atoms with van der Waals surface area (Å²) in [5.41, 5.74) is 2.12. The number of benzene rings is 1. The lowest BCUT2D eigenvalue weighted by Gasteiger charge is -1.99. The largest absolute Gasteiger partial charge is 0.313 e. The Morgan fingerprint density at radius 3 is 2.62 bits per heavy atom. The van der Waals surface area contributed by atoms with Gasteiger partial charge >= 0.3 is 0 Å². The third kappa shape index (κ3) is 3.56. The molecule has 2 aromatic rings. The summed E-state index contributed by atoms with van der Waals surface area (Å²) in [7, 11) is 0. The molecule has 1 aromatic carbocycles. The van der Waals surface area contributed by atoms with E-state index in [1.807, 2.05) is 13.8 Å². The van der Waals surface area contributed by atoms with Gasteiger partial charge in [0.15, 0.2) is 0 Å². The Balaban J connectivity index is 2.10. The van der Waals surface area contributed by atoms with E-state index in [2.05, 4.69) is 11.4 Å². The molecule has 0 saturated carbocycles. The summed E-state index contributed by atoms with van der Waals surface area (Å²) >= 11 is 1.38. The number of amides is 1. The number of nitrogens with zero attached hydrogens (tertiary/aromatic N) is 1. The molecule has 0 saturated heterocycles. The van der Waals surface area contributed by atoms with E-state index in [9.17, 15) is 9.18 Å². The van der Waals surface area contributed by atoms with Gasteiger partial charge in [0.2, 0.25) is 5.91 Å². The molecule has 1 amide bonds. The lowest BCUT2D eigenvalue weighted by atomic mass is 10.2. The van der Waals surface area contributed by atoms with Gasteiger partial charge in [-0.25, -0.2) is 4.39 Å². The quantitative estimate of drug-likeness (QED) is 0.870. The SMILES string of the molecule is Cc1sc(NC(=O)/C=C/c2ccc(F)cc2)c(C#N)c1C. The van der Waals surface area contributed by atoms with Crippen molar-refractivity contribution >= 4 is 28.3 Å². The molecule has 21 heavy (non-hydrogen) atoms. The molecule has 0 bridgehead atoms. The summed E-state index contributed by atoms with van der Waals surface area (Å²) < 4.78 is 12.8. The van der Waals surface area contributed by atoms with Crippen molar-refractivity contribution < 1.29 is 9.18 Å². The van der Waals surface area contributed by atoms with E-state index in [0.29, 0.717) is 10.6 Å². The topological polar surface area (TPSA) is 52.9 Å². The zero-order valence-corrected chi connectivity index (χ0v) is 12.4. The molecular weight excluding hydrogens is 287 g/mol. The Labute approximate surface area is 126 Å². The molecule has 0 fully saturated rings. The molecule has 2 rings (SSSR count). The van der Waals surface area contributed by atoms with Crippen molar-refractivity contribution in [2.45, 2.75) is 13.8 Å². The maximum absolute atomic E-state index is 12.8. The molecule has 0 unspecified atom stereocenters. The highest BCUT2D eigenvalue weighted by Crippen LogP contribution is 2.31. The Hall–Kier alpha value is -2.45. The fraction of sp³-hybridized carbons (Fsp3) is 0.125. The third-order valence-corrected chi connectivity index (χ3v) is 4.15. The molecule has 0 spiro atoms. The normalized spacial score (nSPS) is 10.6. The van der Waals surface area contributed by atoms with Crippen LogP contribution in [0, 0.1) is 31.0 Å². The van der Waals surface area contributed by atoms with Crippen LogP contribution in [0.5, 0.6) is 0 Å². The predicted octanol–water partition coefficient (Wildman–Crippen LogP) is 4.03. The summed E-state index contributed by atoms with van der Waals surface area (Å²) in [6, 6.07) is 7.93. The van der Waals surface area contributed by atoms with Crippen LogP contribution in [-0.2, 0) is 4.79 Å². The second-order valence-electron chi connectivity index (χ2n) is 4.47. The Bertz CT molecular complexity index is 739. The molecule has 0 aliphatic carbocycles. The van der Waals surface area contributed by atoms with Gasteiger partial charge in [0, 0.05) is 11.0 Å². The summed E-state index contributed by atoms with van der Waals surface area (Å²) in [4.78, 5) is 12.9. The van der Waals surface area contributed by atoms with E-state index >= 15 is 0 Å². The molecular formula is C16H13FN2OS. The number of thiophene rings is 1. The Morgan fingerprint density at radius 2 is 2.00 bits per heavy atom. The summed E-state index contributed by atoms with van der Waals surface area (Å²) in [6.45, 7) is 3.76. The number of carbonyl (C=O) groups excluding carboxylic acids is 1. The lowest BCUT2D eigenvalue weighted by Crippen LogP contribution is -2.07. The maximum atomic E-state index is 12.8. The van der Waals surface area contributed by atoms with Crippen LogP contribution in [0.1, 0.15) is 21.6 Å². The van der Waals surface area contributed by atoms with Gasteiger partial charge in [-0.2, -0.15) is 5.26 Å². The summed E-state index contributed by atoms with van der Waals surface area (Å²) in [5, 5.41) is 12.4. The van der Waals surface area contributed by atoms with Gasteiger partial charge in [-0.05, 0) is 43.2 Å². The highest BCUT2D eigenvalue weighted by Gasteiger charge is 2.13. The van der Waals surface area contributed by atoms with Crippen molar-refractivity contribution in [1.29, 1.82) is 5.26 Å². The van der Waals surface area contributed by atoms with Gasteiger partial charge in [0.05, 0.1) is 5.56 Å². The molecule has 0 radical (unpaired) electrons. The minimum atomic E-state index is -0.322. The molecule has 1 N–H and O–H groups in total. The number of rotatable bonds is 3. The number of hydrogen-bond acceptors (Lipinski definition) is 3. The highest BCUT2D eigenvalue weighted by molar-refractivity contribution is 7.16. The van der Waals surface area contributed by atoms with Crippen LogP contribution in [0.25, 0.3) is 6.08 Å². The van der Waals surface area contributed by atoms with E-state index in [1.165, 1.54) is 29.5 Å². The van der Waals surface area contributed by atoms with E-state index in [0.717, 1.165) is 16.0 Å². The lowest BCUT2D eigenvalue weighted by molar-refractivity contribution is -0.111. The molecule has 3 nitrogen and oxygen atoms in total. The van der Waals surface area contributed by atoms with Crippen LogP contribution in [0.4, 0.5) is 9.39 Å². The second kappa shape index (κ2) is 6.33. The van der Waals surface area contributed by atoms with E-state index in [1.54, 1.807) is 18.2 Å². The molecule has 5 heteroatoms. The monoisotopic (exact) mass is 300 g/mol. The Morgan fingerprint density at radius 1 is 1.33 bits per heavy atom. The first-order valence-electron chi connectivity index (χ1n) is 6.26. The first kappa shape index (κ1) is 14.9. The van der Waals surface area contributed by atoms with Crippen LogP contribution in [0.15, 0.2) is 30.3 Å². The standard InChI is InChI=1S/C16H13FN2OS/c1-10-11(2)21-16(14(10)9-18)19-15(20)8-5-12-3-6-13(17)7-4-12/h3-8H,1-2H3,(H,19,20)/b8-5+. The van der Waals surface area contributed by atoms with Crippen molar-refractivity contribution in [1.82, 2.24) is 0 Å². The van der Waals surface area contributed by atoms with Gasteiger partial charge < -0.3 is 5.32 Å². The average molecular weight is 300 g/mol. The molecule has 1 aromatic heterocycles. The van der Waals surface area contributed by atoms with Gasteiger partial charge in [0.25, 0.3) is 0 Å². The number of halogens is 1. The number of nitriles is 1. The summed E-state index contributed by atoms with van der Waals surface area (Å²) in [6.07, 6.45) is 2.95. The van der Waals surface area contributed by atoms with E-state index < -0.39 is 0 Å². The molecule has 0 aliphatic heterocycles. The zero-order chi connectivity index (χ0) is 15.4. The van der Waals surface area contributed by atoms with Gasteiger partial charge in [-0.15, -0.1) is 11.3 Å². The van der Waals surface area contributed by atoms with Crippen LogP contribution >= 0.6 is 11.3 Å². The number of anilines is 1. The number of hydrogen-bond donors (Lipinski definition) is 1. The minimum absolute atomic E-state index is 0.320. The average Bonchev–Trinajstić information content (AvgIpc) is 2.72. The van der Waals surface area contributed by atoms with Gasteiger partial charge in [-0.3, -0.25) is 4.79 Å². The highest BCUT2D eigenvalue weighted by atomic mass is 32.1. The zero-order valence-electron chi connectivity index (χ0n) is 11.6. The van der Waals surface area contributed by atoms with Crippen molar-refractivity contribution in [3.8, 4) is 6.07 Å². The first-order valence-corrected chi connectivity index (χ1v) is 7.07. The van der Waals surface area contributed by atoms with Gasteiger partial charge in [-0.1, -0.05) is 12.1 Å². The third-order valence-electron chi connectivity index (χ3n) is 3.03. The molecule has 0 aliphatic rings. The van der Waals surface area contributed by atoms with Gasteiger partial charge in [0.1, 0.15) is 16.9 Å². The Kier molecular flexibility index (Phi) is 4.51. The summed E-state index contributed by atoms with van der Waals surface area (Å²) in [5.74, 6) is -0.642. The second-order valence-corrected chi connectivity index (χ2v) is 5.70. The van der Waals surface area contributed by atoms with E-state index in [-0.39, 0.29) is 11.7 Å². The molecule has 106 valence electrons. The maximum Gasteiger partial charge on any atom is 0.249 e. The van der Waals surface area contributed by atoms with Crippen molar-refractivity contribution in [3.63, 3.8) is 0 Å². The minimum Gasteiger partial charge on any atom is -0.313 e. The van der Waals surface area contributed by atoms with Crippen molar-refractivity contribution in [2.24, 2.45) is 0 Å². The van der Waals surface area contributed by atoms with Crippen LogP contribution < -0.4 is 5.32 Å². The number of carbonyl (C=O) groups is 1. The van der Waals surface area contributed by atoms with E-state index in [4.69, 9.17) is 5.26 Å². The van der Waals surface area contributed by atoms with Crippen molar-refractivity contribution in [3.05, 3.63) is 57.7 Å². The first-order chi connectivity index (χ1) is 10.0. The van der Waals surface area contributed by atoms with Crippen LogP contribution in [-0.4, -0.2) is 5.91 Å². The molecule has 0 atom stereocenters. The van der Waals surface area contributed by atoms with Crippen LogP contribution in [0.2, 0.25) is 0 Å². The predicted molar refractivity (Wildman–Crippen MR) is 82.6 cm³/mol. The smallest absolute Gasteiger partial charge is 0.249 e. The number of nitrogens with one attached hydrogen (secondary N) is 1. The fourth-order valence-electron chi connectivity index (χ4n) is 1.75. The van der Waals surface area contributed by atoms with Crippen LogP contribution in [0.3, 0.4) is 0 Å².